The predicted molar refractivity (Wildman–Crippen MR) is 100.0 cm³/mol. The third-order valence-electron chi connectivity index (χ3n) is 3.36. The highest BCUT2D eigenvalue weighted by Crippen LogP contribution is 2.24. The number of hydrogen-bond donors (Lipinski definition) is 2. The van der Waals surface area contributed by atoms with E-state index < -0.39 is 5.91 Å². The van der Waals surface area contributed by atoms with Crippen LogP contribution < -0.4 is 20.2 Å². The number of benzene rings is 2. The Morgan fingerprint density at radius 1 is 1.15 bits per heavy atom. The Morgan fingerprint density at radius 2 is 1.92 bits per heavy atom. The van der Waals surface area contributed by atoms with E-state index in [0.29, 0.717) is 29.4 Å². The molecule has 2 aromatic carbocycles. The minimum atomic E-state index is -0.422. The van der Waals surface area contributed by atoms with Gasteiger partial charge in [0.2, 0.25) is 5.91 Å². The van der Waals surface area contributed by atoms with Crippen molar-refractivity contribution in [3.63, 3.8) is 0 Å². The Balaban J connectivity index is 2.15. The van der Waals surface area contributed by atoms with E-state index in [1.807, 2.05) is 25.1 Å². The van der Waals surface area contributed by atoms with Gasteiger partial charge in [-0.2, -0.15) is 5.10 Å². The number of carbonyl (C=O) groups excluding carboxylic acids is 2. The minimum absolute atomic E-state index is 0.203. The second-order valence-electron chi connectivity index (χ2n) is 5.27. The Kier molecular flexibility index (Phi) is 6.73. The lowest BCUT2D eigenvalue weighted by molar-refractivity contribution is -0.114. The summed E-state index contributed by atoms with van der Waals surface area (Å²) < 4.78 is 10.7. The number of anilines is 1. The molecule has 136 valence electrons. The van der Waals surface area contributed by atoms with Crippen LogP contribution in [0.15, 0.2) is 47.6 Å². The van der Waals surface area contributed by atoms with Crippen molar-refractivity contribution in [1.82, 2.24) is 5.43 Å². The van der Waals surface area contributed by atoms with Crippen molar-refractivity contribution < 1.29 is 19.1 Å². The molecule has 0 aliphatic rings. The Hall–Kier alpha value is -3.35. The van der Waals surface area contributed by atoms with Gasteiger partial charge in [0.1, 0.15) is 11.5 Å². The maximum absolute atomic E-state index is 12.4. The topological polar surface area (TPSA) is 89.0 Å². The Morgan fingerprint density at radius 3 is 2.62 bits per heavy atom. The summed E-state index contributed by atoms with van der Waals surface area (Å²) in [5, 5.41) is 6.62. The number of nitrogens with one attached hydrogen (secondary N) is 2. The maximum Gasteiger partial charge on any atom is 0.275 e. The number of carbonyl (C=O) groups is 2. The summed E-state index contributed by atoms with van der Waals surface area (Å²) in [5.41, 5.74) is 4.07. The van der Waals surface area contributed by atoms with Crippen LogP contribution in [0.1, 0.15) is 29.8 Å². The number of methoxy groups -OCH3 is 1. The Labute approximate surface area is 152 Å². The number of hydrogen-bond acceptors (Lipinski definition) is 5. The van der Waals surface area contributed by atoms with Gasteiger partial charge in [0, 0.05) is 24.2 Å². The zero-order valence-corrected chi connectivity index (χ0v) is 14.9. The van der Waals surface area contributed by atoms with E-state index in [9.17, 15) is 9.59 Å². The summed E-state index contributed by atoms with van der Waals surface area (Å²) >= 11 is 0. The van der Waals surface area contributed by atoms with Gasteiger partial charge in [-0.3, -0.25) is 9.59 Å². The largest absolute Gasteiger partial charge is 0.496 e. The molecular formula is C19H21N3O4. The molecule has 0 aromatic heterocycles. The van der Waals surface area contributed by atoms with Crippen molar-refractivity contribution in [1.29, 1.82) is 0 Å². The van der Waals surface area contributed by atoms with Crippen LogP contribution in [0.3, 0.4) is 0 Å². The lowest BCUT2D eigenvalue weighted by atomic mass is 10.1. The number of hydrazone groups is 1. The van der Waals surface area contributed by atoms with E-state index in [1.165, 1.54) is 13.1 Å². The van der Waals surface area contributed by atoms with Gasteiger partial charge in [0.05, 0.1) is 25.5 Å². The summed E-state index contributed by atoms with van der Waals surface area (Å²) in [7, 11) is 1.57. The Bertz CT molecular complexity index is 818. The van der Waals surface area contributed by atoms with Crippen molar-refractivity contribution in [2.45, 2.75) is 13.8 Å². The van der Waals surface area contributed by atoms with Crippen molar-refractivity contribution in [3.8, 4) is 11.5 Å². The van der Waals surface area contributed by atoms with E-state index in [4.69, 9.17) is 9.47 Å². The first kappa shape index (κ1) is 19.0. The zero-order valence-electron chi connectivity index (χ0n) is 14.9. The number of ether oxygens (including phenoxy) is 2. The highest BCUT2D eigenvalue weighted by Gasteiger charge is 2.13. The van der Waals surface area contributed by atoms with Gasteiger partial charge >= 0.3 is 0 Å². The zero-order chi connectivity index (χ0) is 18.9. The molecule has 0 aliphatic carbocycles. The molecule has 0 fully saturated rings. The van der Waals surface area contributed by atoms with Crippen molar-refractivity contribution in [3.05, 3.63) is 53.6 Å². The molecule has 2 rings (SSSR count). The van der Waals surface area contributed by atoms with Crippen molar-refractivity contribution in [2.75, 3.05) is 19.0 Å². The minimum Gasteiger partial charge on any atom is -0.496 e. The van der Waals surface area contributed by atoms with Crippen LogP contribution in [0.2, 0.25) is 0 Å². The highest BCUT2D eigenvalue weighted by molar-refractivity contribution is 5.99. The first-order valence-electron chi connectivity index (χ1n) is 8.06. The summed E-state index contributed by atoms with van der Waals surface area (Å²) in [6, 6.07) is 12.1. The highest BCUT2D eigenvalue weighted by atomic mass is 16.5. The molecule has 0 spiro atoms. The average Bonchev–Trinajstić information content (AvgIpc) is 2.62. The molecule has 0 atom stereocenters. The van der Waals surface area contributed by atoms with Gasteiger partial charge in [0.15, 0.2) is 0 Å². The van der Waals surface area contributed by atoms with Gasteiger partial charge in [-0.25, -0.2) is 5.43 Å². The number of nitrogens with zero attached hydrogens (tertiary/aromatic N) is 1. The van der Waals surface area contributed by atoms with Crippen LogP contribution in [0.25, 0.3) is 0 Å². The number of amides is 2. The van der Waals surface area contributed by atoms with E-state index >= 15 is 0 Å². The smallest absolute Gasteiger partial charge is 0.275 e. The molecule has 0 saturated heterocycles. The molecule has 0 radical (unpaired) electrons. The standard InChI is InChI=1S/C19H21N3O4/c1-4-26-18-11-15(21-13(2)23)9-10-16(18)19(24)22-20-12-14-7-5-6-8-17(14)25-3/h5-12H,4H2,1-3H3,(H,21,23)(H,22,24). The molecule has 7 nitrogen and oxygen atoms in total. The fraction of sp³-hybridized carbons (Fsp3) is 0.211. The van der Waals surface area contributed by atoms with Crippen LogP contribution in [-0.4, -0.2) is 31.7 Å². The summed E-state index contributed by atoms with van der Waals surface area (Å²) in [4.78, 5) is 23.6. The molecule has 26 heavy (non-hydrogen) atoms. The summed E-state index contributed by atoms with van der Waals surface area (Å²) in [5.74, 6) is 0.393. The fourth-order valence-corrected chi connectivity index (χ4v) is 2.26. The molecule has 2 aromatic rings. The quantitative estimate of drug-likeness (QED) is 0.590. The molecule has 7 heteroatoms. The SMILES string of the molecule is CCOc1cc(NC(C)=O)ccc1C(=O)NN=Cc1ccccc1OC. The van der Waals surface area contributed by atoms with Crippen LogP contribution in [0, 0.1) is 0 Å². The monoisotopic (exact) mass is 355 g/mol. The van der Waals surface area contributed by atoms with Crippen molar-refractivity contribution in [2.24, 2.45) is 5.10 Å². The first-order valence-corrected chi connectivity index (χ1v) is 8.06. The van der Waals surface area contributed by atoms with Crippen LogP contribution in [0.4, 0.5) is 5.69 Å². The lowest BCUT2D eigenvalue weighted by Gasteiger charge is -2.11. The normalized spacial score (nSPS) is 10.4. The number of para-hydroxylation sites is 1. The van der Waals surface area contributed by atoms with Gasteiger partial charge < -0.3 is 14.8 Å². The fourth-order valence-electron chi connectivity index (χ4n) is 2.26. The third-order valence-corrected chi connectivity index (χ3v) is 3.36. The molecule has 2 N–H and O–H groups in total. The average molecular weight is 355 g/mol. The maximum atomic E-state index is 12.4. The number of rotatable bonds is 7. The molecule has 2 amide bonds. The van der Waals surface area contributed by atoms with Gasteiger partial charge in [0.25, 0.3) is 5.91 Å². The molecule has 0 saturated carbocycles. The van der Waals surface area contributed by atoms with Crippen molar-refractivity contribution >= 4 is 23.7 Å². The summed E-state index contributed by atoms with van der Waals surface area (Å²) in [6.07, 6.45) is 1.50. The second-order valence-corrected chi connectivity index (χ2v) is 5.27. The van der Waals surface area contributed by atoms with Gasteiger partial charge in [-0.1, -0.05) is 12.1 Å². The molecule has 0 unspecified atom stereocenters. The second kappa shape index (κ2) is 9.22. The van der Waals surface area contributed by atoms with Crippen LogP contribution >= 0.6 is 0 Å². The van der Waals surface area contributed by atoms with E-state index in [2.05, 4.69) is 15.8 Å². The first-order chi connectivity index (χ1) is 12.5. The molecular weight excluding hydrogens is 334 g/mol. The molecule has 0 heterocycles. The third kappa shape index (κ3) is 5.07. The molecule has 0 bridgehead atoms. The van der Waals surface area contributed by atoms with E-state index in [0.717, 1.165) is 5.56 Å². The summed E-state index contributed by atoms with van der Waals surface area (Å²) in [6.45, 7) is 3.61. The molecule has 0 aliphatic heterocycles. The lowest BCUT2D eigenvalue weighted by Crippen LogP contribution is -2.19. The van der Waals surface area contributed by atoms with Crippen LogP contribution in [0.5, 0.6) is 11.5 Å². The van der Waals surface area contributed by atoms with E-state index in [1.54, 1.807) is 31.4 Å². The van der Waals surface area contributed by atoms with E-state index in [-0.39, 0.29) is 5.91 Å². The van der Waals surface area contributed by atoms with Gasteiger partial charge in [-0.05, 0) is 31.2 Å². The van der Waals surface area contributed by atoms with Gasteiger partial charge in [-0.15, -0.1) is 0 Å². The van der Waals surface area contributed by atoms with Crippen LogP contribution in [-0.2, 0) is 4.79 Å². The predicted octanol–water partition coefficient (Wildman–Crippen LogP) is 2.82.